The maximum Gasteiger partial charge on any atom is 0.240 e. The molecule has 2 rings (SSSR count). The van der Waals surface area contributed by atoms with Crippen molar-refractivity contribution in [2.24, 2.45) is 5.92 Å². The van der Waals surface area contributed by atoms with E-state index in [1.54, 1.807) is 24.3 Å². The Morgan fingerprint density at radius 2 is 1.85 bits per heavy atom. The Morgan fingerprint density at radius 1 is 1.20 bits per heavy atom. The fourth-order valence-corrected chi connectivity index (χ4v) is 4.32. The van der Waals surface area contributed by atoms with Crippen molar-refractivity contribution in [1.82, 2.24) is 4.72 Å². The number of hydrogen-bond acceptors (Lipinski definition) is 3. The van der Waals surface area contributed by atoms with Gasteiger partial charge in [-0.25, -0.2) is 13.1 Å². The van der Waals surface area contributed by atoms with E-state index in [0.29, 0.717) is 5.33 Å². The van der Waals surface area contributed by atoms with E-state index in [9.17, 15) is 13.5 Å². The van der Waals surface area contributed by atoms with Crippen LogP contribution in [0.15, 0.2) is 29.2 Å². The molecule has 0 heterocycles. The van der Waals surface area contributed by atoms with Crippen molar-refractivity contribution in [3.8, 4) is 0 Å². The van der Waals surface area contributed by atoms with Gasteiger partial charge in [0.15, 0.2) is 0 Å². The number of sulfonamides is 1. The fourth-order valence-electron chi connectivity index (χ4n) is 2.61. The molecule has 0 aromatic heterocycles. The maximum absolute atomic E-state index is 12.4. The third-order valence-electron chi connectivity index (χ3n) is 3.84. The predicted molar refractivity (Wildman–Crippen MR) is 82.2 cm³/mol. The molecule has 2 atom stereocenters. The van der Waals surface area contributed by atoms with Crippen molar-refractivity contribution in [2.45, 2.75) is 42.0 Å². The van der Waals surface area contributed by atoms with Gasteiger partial charge in [0.05, 0.1) is 4.90 Å². The van der Waals surface area contributed by atoms with Crippen LogP contribution in [-0.2, 0) is 15.4 Å². The highest BCUT2D eigenvalue weighted by molar-refractivity contribution is 9.08. The van der Waals surface area contributed by atoms with Crippen molar-refractivity contribution in [2.75, 3.05) is 6.61 Å². The number of nitrogens with one attached hydrogen (secondary N) is 1. The lowest BCUT2D eigenvalue weighted by atomic mass is 9.86. The quantitative estimate of drug-likeness (QED) is 0.791. The molecule has 1 aromatic rings. The fraction of sp³-hybridized carbons (Fsp3) is 0.571. The van der Waals surface area contributed by atoms with Gasteiger partial charge in [0.25, 0.3) is 0 Å². The molecule has 6 heteroatoms. The first-order valence-corrected chi connectivity index (χ1v) is 9.45. The smallest absolute Gasteiger partial charge is 0.240 e. The van der Waals surface area contributed by atoms with Crippen LogP contribution < -0.4 is 4.72 Å². The number of aliphatic hydroxyl groups excluding tert-OH is 1. The van der Waals surface area contributed by atoms with Gasteiger partial charge in [-0.05, 0) is 36.5 Å². The number of rotatable bonds is 5. The zero-order valence-corrected chi connectivity index (χ0v) is 13.7. The van der Waals surface area contributed by atoms with Crippen molar-refractivity contribution >= 4 is 26.0 Å². The highest BCUT2D eigenvalue weighted by atomic mass is 79.9. The first-order valence-electron chi connectivity index (χ1n) is 6.85. The lowest BCUT2D eigenvalue weighted by Gasteiger charge is -2.30. The number of alkyl halides is 1. The van der Waals surface area contributed by atoms with E-state index >= 15 is 0 Å². The summed E-state index contributed by atoms with van der Waals surface area (Å²) in [5, 5.41) is 10.1. The summed E-state index contributed by atoms with van der Waals surface area (Å²) < 4.78 is 27.5. The van der Waals surface area contributed by atoms with E-state index in [0.717, 1.165) is 31.2 Å². The zero-order chi connectivity index (χ0) is 14.6. The molecule has 1 saturated carbocycles. The summed E-state index contributed by atoms with van der Waals surface area (Å²) in [7, 11) is -3.50. The molecule has 0 spiro atoms. The van der Waals surface area contributed by atoms with Gasteiger partial charge in [-0.2, -0.15) is 0 Å². The Morgan fingerprint density at radius 3 is 2.45 bits per heavy atom. The molecule has 1 aromatic carbocycles. The molecule has 1 fully saturated rings. The highest BCUT2D eigenvalue weighted by Gasteiger charge is 2.28. The van der Waals surface area contributed by atoms with Gasteiger partial charge in [0, 0.05) is 18.0 Å². The average molecular weight is 362 g/mol. The van der Waals surface area contributed by atoms with Crippen LogP contribution in [-0.4, -0.2) is 26.2 Å². The molecule has 2 unspecified atom stereocenters. The minimum absolute atomic E-state index is 0.0281. The second-order valence-corrected chi connectivity index (χ2v) is 7.51. The summed E-state index contributed by atoms with van der Waals surface area (Å²) >= 11 is 3.34. The van der Waals surface area contributed by atoms with E-state index in [1.165, 1.54) is 0 Å². The van der Waals surface area contributed by atoms with Crippen molar-refractivity contribution in [3.63, 3.8) is 0 Å². The standard InChI is InChI=1S/C14H20BrNO3S/c15-9-11-5-7-13(8-6-11)20(18,19)16-14-4-2-1-3-12(14)10-17/h5-8,12,14,16-17H,1-4,9-10H2. The number of halogens is 1. The van der Waals surface area contributed by atoms with E-state index in [4.69, 9.17) is 0 Å². The Kier molecular flexibility index (Phi) is 5.60. The summed E-state index contributed by atoms with van der Waals surface area (Å²) in [6.07, 6.45) is 3.74. The molecule has 4 nitrogen and oxygen atoms in total. The lowest BCUT2D eigenvalue weighted by Crippen LogP contribution is -2.43. The topological polar surface area (TPSA) is 66.4 Å². The average Bonchev–Trinajstić information content (AvgIpc) is 2.47. The Labute approximate surface area is 128 Å². The number of benzene rings is 1. The minimum Gasteiger partial charge on any atom is -0.396 e. The Balaban J connectivity index is 2.12. The zero-order valence-electron chi connectivity index (χ0n) is 11.3. The van der Waals surface area contributed by atoms with Crippen LogP contribution in [0.4, 0.5) is 0 Å². The van der Waals surface area contributed by atoms with E-state index in [-0.39, 0.29) is 23.5 Å². The van der Waals surface area contributed by atoms with E-state index in [1.807, 2.05) is 0 Å². The molecule has 0 aliphatic heterocycles. The number of hydrogen-bond donors (Lipinski definition) is 2. The highest BCUT2D eigenvalue weighted by Crippen LogP contribution is 2.25. The first kappa shape index (κ1) is 15.9. The first-order chi connectivity index (χ1) is 9.56. The van der Waals surface area contributed by atoms with Gasteiger partial charge >= 0.3 is 0 Å². The molecule has 112 valence electrons. The molecule has 1 aliphatic rings. The van der Waals surface area contributed by atoms with Crippen LogP contribution in [0, 0.1) is 5.92 Å². The third kappa shape index (κ3) is 3.81. The van der Waals surface area contributed by atoms with Crippen molar-refractivity contribution in [1.29, 1.82) is 0 Å². The summed E-state index contributed by atoms with van der Waals surface area (Å²) in [6.45, 7) is 0.0374. The molecule has 20 heavy (non-hydrogen) atoms. The number of aliphatic hydroxyl groups is 1. The minimum atomic E-state index is -3.50. The van der Waals surface area contributed by atoms with Crippen LogP contribution in [0.1, 0.15) is 31.2 Å². The van der Waals surface area contributed by atoms with Gasteiger partial charge in [-0.15, -0.1) is 0 Å². The Hall–Kier alpha value is -0.430. The Bertz CT molecular complexity index is 530. The van der Waals surface area contributed by atoms with Crippen LogP contribution in [0.3, 0.4) is 0 Å². The van der Waals surface area contributed by atoms with E-state index < -0.39 is 10.0 Å². The molecule has 0 radical (unpaired) electrons. The van der Waals surface area contributed by atoms with Crippen molar-refractivity contribution < 1.29 is 13.5 Å². The molecule has 0 amide bonds. The van der Waals surface area contributed by atoms with Crippen molar-refractivity contribution in [3.05, 3.63) is 29.8 Å². The van der Waals surface area contributed by atoms with Gasteiger partial charge in [0.1, 0.15) is 0 Å². The van der Waals surface area contributed by atoms with Crippen LogP contribution in [0.2, 0.25) is 0 Å². The second kappa shape index (κ2) is 7.02. The van der Waals surface area contributed by atoms with Crippen LogP contribution in [0.25, 0.3) is 0 Å². The van der Waals surface area contributed by atoms with Crippen LogP contribution >= 0.6 is 15.9 Å². The molecule has 2 N–H and O–H groups in total. The summed E-state index contributed by atoms with van der Waals surface area (Å²) in [4.78, 5) is 0.282. The maximum atomic E-state index is 12.4. The second-order valence-electron chi connectivity index (χ2n) is 5.23. The lowest BCUT2D eigenvalue weighted by molar-refractivity contribution is 0.164. The van der Waals surface area contributed by atoms with Crippen LogP contribution in [0.5, 0.6) is 0 Å². The normalized spacial score (nSPS) is 23.7. The van der Waals surface area contributed by atoms with Gasteiger partial charge in [-0.3, -0.25) is 0 Å². The molecular weight excluding hydrogens is 342 g/mol. The summed E-state index contributed by atoms with van der Waals surface area (Å²) in [6, 6.07) is 6.68. The molecule has 0 saturated heterocycles. The summed E-state index contributed by atoms with van der Waals surface area (Å²) in [5.41, 5.74) is 1.04. The summed E-state index contributed by atoms with van der Waals surface area (Å²) in [5.74, 6) is 0.0281. The van der Waals surface area contributed by atoms with E-state index in [2.05, 4.69) is 20.7 Å². The molecular formula is C14H20BrNO3S. The predicted octanol–water partition coefficient (Wildman–Crippen LogP) is 2.41. The van der Waals surface area contributed by atoms with Gasteiger partial charge in [0.2, 0.25) is 10.0 Å². The van der Waals surface area contributed by atoms with Gasteiger partial charge in [-0.1, -0.05) is 40.9 Å². The third-order valence-corrected chi connectivity index (χ3v) is 5.99. The molecule has 0 bridgehead atoms. The SMILES string of the molecule is O=S(=O)(NC1CCCCC1CO)c1ccc(CBr)cc1. The largest absolute Gasteiger partial charge is 0.396 e. The monoisotopic (exact) mass is 361 g/mol. The van der Waals surface area contributed by atoms with Gasteiger partial charge < -0.3 is 5.11 Å². The molecule has 1 aliphatic carbocycles.